The van der Waals surface area contributed by atoms with Crippen molar-refractivity contribution < 1.29 is 4.79 Å². The van der Waals surface area contributed by atoms with Gasteiger partial charge in [-0.3, -0.25) is 4.79 Å². The smallest absolute Gasteiger partial charge is 0.261 e. The number of fused-ring (bicyclic) bond motifs is 1. The van der Waals surface area contributed by atoms with Gasteiger partial charge in [0.2, 0.25) is 0 Å². The zero-order valence-electron chi connectivity index (χ0n) is 12.2. The molecule has 5 heteroatoms. The minimum Gasteiger partial charge on any atom is -0.361 e. The molecule has 1 aromatic heterocycles. The minimum atomic E-state index is -0.878. The van der Waals surface area contributed by atoms with Crippen LogP contribution in [0, 0.1) is 11.3 Å². The minimum absolute atomic E-state index is 0.449. The lowest BCUT2D eigenvalue weighted by Crippen LogP contribution is -2.24. The summed E-state index contributed by atoms with van der Waals surface area (Å²) in [5.74, 6) is -1.33. The lowest BCUT2D eigenvalue weighted by atomic mass is 10.0. The fraction of sp³-hybridized carbons (Fsp3) is 0.0556. The number of carbonyl (C=O) groups excluding carboxylic acids is 1. The molecular weight excluding hydrogens is 288 g/mol. The molecule has 0 aliphatic carbocycles. The predicted octanol–water partition coefficient (Wildman–Crippen LogP) is 2.93. The van der Waals surface area contributed by atoms with Crippen molar-refractivity contribution >= 4 is 23.0 Å². The van der Waals surface area contributed by atoms with Crippen molar-refractivity contribution in [2.45, 2.75) is 5.92 Å². The summed E-state index contributed by atoms with van der Waals surface area (Å²) in [6.45, 7) is 0. The van der Waals surface area contributed by atoms with Crippen molar-refractivity contribution in [2.24, 2.45) is 5.10 Å². The van der Waals surface area contributed by atoms with Gasteiger partial charge in [-0.2, -0.15) is 10.4 Å². The number of benzene rings is 2. The molecule has 1 heterocycles. The molecule has 23 heavy (non-hydrogen) atoms. The van der Waals surface area contributed by atoms with E-state index in [1.165, 1.54) is 0 Å². The number of rotatable bonds is 4. The Balaban J connectivity index is 1.72. The zero-order chi connectivity index (χ0) is 16.1. The molecule has 1 atom stereocenters. The molecule has 0 fully saturated rings. The SMILES string of the molecule is N#C[C@H](C(=O)N/N=C\c1c[nH]c2ccccc12)c1ccccc1. The van der Waals surface area contributed by atoms with Crippen molar-refractivity contribution in [2.75, 3.05) is 0 Å². The first-order valence-electron chi connectivity index (χ1n) is 7.13. The highest BCUT2D eigenvalue weighted by molar-refractivity contribution is 5.99. The number of nitriles is 1. The van der Waals surface area contributed by atoms with E-state index in [1.54, 1.807) is 30.5 Å². The Hall–Kier alpha value is -3.39. The van der Waals surface area contributed by atoms with Gasteiger partial charge in [0.25, 0.3) is 5.91 Å². The summed E-state index contributed by atoms with van der Waals surface area (Å²) >= 11 is 0. The maximum absolute atomic E-state index is 12.1. The Kier molecular flexibility index (Phi) is 4.16. The molecule has 1 amide bonds. The highest BCUT2D eigenvalue weighted by Crippen LogP contribution is 2.16. The van der Waals surface area contributed by atoms with E-state index in [1.807, 2.05) is 42.6 Å². The topological polar surface area (TPSA) is 81.0 Å². The summed E-state index contributed by atoms with van der Waals surface area (Å²) in [4.78, 5) is 15.2. The van der Waals surface area contributed by atoms with Gasteiger partial charge in [-0.1, -0.05) is 48.5 Å². The molecule has 3 aromatic rings. The molecule has 0 aliphatic rings. The number of aromatic amines is 1. The first-order chi connectivity index (χ1) is 11.3. The second-order valence-electron chi connectivity index (χ2n) is 5.00. The number of amides is 1. The van der Waals surface area contributed by atoms with Crippen molar-refractivity contribution in [3.63, 3.8) is 0 Å². The number of nitrogens with one attached hydrogen (secondary N) is 2. The first kappa shape index (κ1) is 14.5. The van der Waals surface area contributed by atoms with Crippen LogP contribution in [0.1, 0.15) is 17.0 Å². The molecule has 2 N–H and O–H groups in total. The Bertz CT molecular complexity index is 890. The van der Waals surface area contributed by atoms with E-state index in [9.17, 15) is 10.1 Å². The number of carbonyl (C=O) groups is 1. The third-order valence-corrected chi connectivity index (χ3v) is 3.52. The van der Waals surface area contributed by atoms with Crippen LogP contribution in [0.5, 0.6) is 0 Å². The molecule has 0 saturated heterocycles. The van der Waals surface area contributed by atoms with Crippen LogP contribution in [0.15, 0.2) is 65.9 Å². The number of H-pyrrole nitrogens is 1. The van der Waals surface area contributed by atoms with E-state index in [-0.39, 0.29) is 0 Å². The second kappa shape index (κ2) is 6.58. The molecule has 0 spiro atoms. The van der Waals surface area contributed by atoms with Crippen LogP contribution >= 0.6 is 0 Å². The monoisotopic (exact) mass is 302 g/mol. The molecule has 0 radical (unpaired) electrons. The third kappa shape index (κ3) is 3.11. The Morgan fingerprint density at radius 2 is 1.91 bits per heavy atom. The Morgan fingerprint density at radius 3 is 2.70 bits per heavy atom. The van der Waals surface area contributed by atoms with Crippen molar-refractivity contribution in [1.82, 2.24) is 10.4 Å². The van der Waals surface area contributed by atoms with Crippen LogP contribution in [0.3, 0.4) is 0 Å². The van der Waals surface area contributed by atoms with E-state index in [2.05, 4.69) is 15.5 Å². The van der Waals surface area contributed by atoms with E-state index < -0.39 is 11.8 Å². The first-order valence-corrected chi connectivity index (χ1v) is 7.13. The standard InChI is InChI=1S/C18H14N4O/c19-10-16(13-6-2-1-3-7-13)18(23)22-21-12-14-11-20-17-9-5-4-8-15(14)17/h1-9,11-12,16,20H,(H,22,23)/b21-12-/t16-/m0/s1. The zero-order valence-corrected chi connectivity index (χ0v) is 12.2. The van der Waals surface area contributed by atoms with Crippen LogP contribution in [-0.2, 0) is 4.79 Å². The number of para-hydroxylation sites is 1. The average Bonchev–Trinajstić information content (AvgIpc) is 3.00. The van der Waals surface area contributed by atoms with Crippen LogP contribution in [0.2, 0.25) is 0 Å². The normalized spacial score (nSPS) is 12.1. The number of nitrogens with zero attached hydrogens (tertiary/aromatic N) is 2. The van der Waals surface area contributed by atoms with Gasteiger partial charge in [-0.15, -0.1) is 0 Å². The van der Waals surface area contributed by atoms with Gasteiger partial charge in [-0.25, -0.2) is 5.43 Å². The highest BCUT2D eigenvalue weighted by Gasteiger charge is 2.19. The molecule has 0 aliphatic heterocycles. The van der Waals surface area contributed by atoms with E-state index in [0.717, 1.165) is 16.5 Å². The van der Waals surface area contributed by atoms with Crippen LogP contribution in [-0.4, -0.2) is 17.1 Å². The molecule has 5 nitrogen and oxygen atoms in total. The predicted molar refractivity (Wildman–Crippen MR) is 88.8 cm³/mol. The summed E-state index contributed by atoms with van der Waals surface area (Å²) in [6.07, 6.45) is 3.38. The van der Waals surface area contributed by atoms with Gasteiger partial charge in [-0.05, 0) is 11.6 Å². The summed E-state index contributed by atoms with van der Waals surface area (Å²) in [5, 5.41) is 14.2. The van der Waals surface area contributed by atoms with Gasteiger partial charge in [0, 0.05) is 22.7 Å². The number of hydrogen-bond donors (Lipinski definition) is 2. The van der Waals surface area contributed by atoms with Gasteiger partial charge in [0.15, 0.2) is 5.92 Å². The molecule has 2 aromatic carbocycles. The molecule has 112 valence electrons. The van der Waals surface area contributed by atoms with Gasteiger partial charge in [0.1, 0.15) is 0 Å². The van der Waals surface area contributed by atoms with Crippen LogP contribution in [0.25, 0.3) is 10.9 Å². The van der Waals surface area contributed by atoms with Crippen molar-refractivity contribution in [3.8, 4) is 6.07 Å². The molecule has 3 rings (SSSR count). The maximum Gasteiger partial charge on any atom is 0.261 e. The average molecular weight is 302 g/mol. The lowest BCUT2D eigenvalue weighted by Gasteiger charge is -2.06. The third-order valence-electron chi connectivity index (χ3n) is 3.52. The van der Waals surface area contributed by atoms with Gasteiger partial charge in [0.05, 0.1) is 12.3 Å². The maximum atomic E-state index is 12.1. The van der Waals surface area contributed by atoms with E-state index >= 15 is 0 Å². The summed E-state index contributed by atoms with van der Waals surface area (Å²) in [5.41, 5.74) is 4.95. The second-order valence-corrected chi connectivity index (χ2v) is 5.00. The fourth-order valence-electron chi connectivity index (χ4n) is 2.36. The Morgan fingerprint density at radius 1 is 1.17 bits per heavy atom. The summed E-state index contributed by atoms with van der Waals surface area (Å²) in [6, 6.07) is 18.7. The molecule has 0 saturated carbocycles. The number of hydrogen-bond acceptors (Lipinski definition) is 3. The lowest BCUT2D eigenvalue weighted by molar-refractivity contribution is -0.121. The molecule has 0 bridgehead atoms. The number of aromatic nitrogens is 1. The summed E-state index contributed by atoms with van der Waals surface area (Å²) < 4.78 is 0. The quantitative estimate of drug-likeness (QED) is 0.574. The van der Waals surface area contributed by atoms with Gasteiger partial charge >= 0.3 is 0 Å². The largest absolute Gasteiger partial charge is 0.361 e. The summed E-state index contributed by atoms with van der Waals surface area (Å²) in [7, 11) is 0. The van der Waals surface area contributed by atoms with Crippen molar-refractivity contribution in [3.05, 3.63) is 71.9 Å². The molecular formula is C18H14N4O. The van der Waals surface area contributed by atoms with Crippen LogP contribution in [0.4, 0.5) is 0 Å². The fourth-order valence-corrected chi connectivity index (χ4v) is 2.36. The Labute approximate surface area is 133 Å². The highest BCUT2D eigenvalue weighted by atomic mass is 16.2. The van der Waals surface area contributed by atoms with Crippen LogP contribution < -0.4 is 5.43 Å². The molecule has 0 unspecified atom stereocenters. The number of hydrazone groups is 1. The van der Waals surface area contributed by atoms with E-state index in [0.29, 0.717) is 5.56 Å². The van der Waals surface area contributed by atoms with Crippen molar-refractivity contribution in [1.29, 1.82) is 5.26 Å². The van der Waals surface area contributed by atoms with E-state index in [4.69, 9.17) is 0 Å². The van der Waals surface area contributed by atoms with Gasteiger partial charge < -0.3 is 4.98 Å².